The first-order valence-electron chi connectivity index (χ1n) is 31.0. The summed E-state index contributed by atoms with van der Waals surface area (Å²) in [7, 11) is 0. The van der Waals surface area contributed by atoms with Crippen molar-refractivity contribution >= 4 is 47.3 Å². The van der Waals surface area contributed by atoms with Crippen LogP contribution in [0.15, 0.2) is 0 Å². The Hall–Kier alpha value is -5.00. The molecule has 1 aliphatic carbocycles. The van der Waals surface area contributed by atoms with E-state index in [9.17, 15) is 84.3 Å². The Bertz CT molecular complexity index is 2270. The molecule has 3 aliphatic heterocycles. The zero-order valence-electron chi connectivity index (χ0n) is 53.1. The van der Waals surface area contributed by atoms with E-state index in [0.29, 0.717) is 25.7 Å². The summed E-state index contributed by atoms with van der Waals surface area (Å²) in [5.74, 6) is -5.13. The Labute approximate surface area is 533 Å². The third-order valence-corrected chi connectivity index (χ3v) is 15.1. The standard InChI is InChI=1S/C57H100N8O27/c1-30(69)61-42-48(77)45(74)37(27-66)89-54(42)86-24-21-83-18-15-58-40(72)13-11-35(52(81)59-16-19-84-22-25-87-55-43(62-31(2)70)49(78)46(75)38(28-67)90-55)64-41(73)14-12-36(65-51(80)33-7-9-34(10-8-33)92-57(4,5)6)53(82)60-17-20-85-23-26-88-56-44(63-32(3)71)50(79)47(76)39(29-68)91-56/h33-39,42-50,54-56,66-68,74-79H,7-29H2,1-6H3,(H,58,72)(H,59,81)(H,60,82)(H,61,69)(H,62,70)(H,63,71)(H,64,73)(H,65,80)/t33-,34-,35?,36?,37?,38?,39?,42?,43?,44?,45?,46?,47?,48?,49?,50?,54?,55?,56?. The minimum atomic E-state index is -1.53. The average molecular weight is 1330 g/mol. The number of aliphatic hydroxyl groups is 9. The third-order valence-electron chi connectivity index (χ3n) is 15.1. The molecular weight excluding hydrogens is 1230 g/mol. The molecule has 35 nitrogen and oxygen atoms in total. The minimum Gasteiger partial charge on any atom is -0.394 e. The summed E-state index contributed by atoms with van der Waals surface area (Å²) in [5.41, 5.74) is -0.396. The molecule has 4 aliphatic rings. The lowest BCUT2D eigenvalue weighted by Gasteiger charge is -2.42. The molecule has 0 aromatic rings. The molecule has 17 unspecified atom stereocenters. The van der Waals surface area contributed by atoms with Crippen LogP contribution < -0.4 is 42.5 Å². The van der Waals surface area contributed by atoms with E-state index < -0.39 is 189 Å². The van der Waals surface area contributed by atoms with Gasteiger partial charge in [-0.1, -0.05) is 0 Å². The van der Waals surface area contributed by atoms with Crippen LogP contribution in [0.4, 0.5) is 0 Å². The molecule has 0 radical (unpaired) electrons. The van der Waals surface area contributed by atoms with Crippen molar-refractivity contribution in [3.63, 3.8) is 0 Å². The lowest BCUT2D eigenvalue weighted by molar-refractivity contribution is -0.272. The zero-order chi connectivity index (χ0) is 68.1. The Kier molecular flexibility index (Phi) is 35.5. The fourth-order valence-electron chi connectivity index (χ4n) is 10.5. The molecule has 0 bridgehead atoms. The summed E-state index contributed by atoms with van der Waals surface area (Å²) in [6.45, 7) is 6.45. The number of hydrogen-bond acceptors (Lipinski definition) is 27. The van der Waals surface area contributed by atoms with Crippen LogP contribution in [0.3, 0.4) is 0 Å². The second kappa shape index (κ2) is 41.1. The smallest absolute Gasteiger partial charge is 0.242 e. The molecule has 530 valence electrons. The van der Waals surface area contributed by atoms with Gasteiger partial charge in [-0.2, -0.15) is 0 Å². The maximum Gasteiger partial charge on any atom is 0.242 e. The number of amides is 8. The molecule has 17 atom stereocenters. The van der Waals surface area contributed by atoms with E-state index in [1.54, 1.807) is 0 Å². The van der Waals surface area contributed by atoms with E-state index in [-0.39, 0.29) is 104 Å². The molecular formula is C57H100N8O27. The van der Waals surface area contributed by atoms with Crippen LogP contribution in [0.1, 0.15) is 92.9 Å². The summed E-state index contributed by atoms with van der Waals surface area (Å²) in [6.07, 6.45) is -15.5. The van der Waals surface area contributed by atoms with Crippen molar-refractivity contribution in [2.75, 3.05) is 98.9 Å². The zero-order valence-corrected chi connectivity index (χ0v) is 53.1. The van der Waals surface area contributed by atoms with Gasteiger partial charge in [0.15, 0.2) is 18.9 Å². The monoisotopic (exact) mass is 1330 g/mol. The highest BCUT2D eigenvalue weighted by molar-refractivity contribution is 5.90. The SMILES string of the molecule is CC(=O)NC1C(OCCOCCNC(=O)CCC(NC(=O)CCC(NC(=O)[C@H]2CC[C@H](OC(C)(C)C)CC2)C(=O)NCCOCCOC2OC(CO)C(O)C(O)C2NC(C)=O)C(=O)NCCOCCOC2OC(CO)C(O)C(O)C2NC(C)=O)OC(CO)C(O)C1O. The molecule has 3 saturated heterocycles. The van der Waals surface area contributed by atoms with Gasteiger partial charge in [0.25, 0.3) is 0 Å². The minimum absolute atomic E-state index is 0.00969. The van der Waals surface area contributed by atoms with E-state index >= 15 is 0 Å². The summed E-state index contributed by atoms with van der Waals surface area (Å²) in [6, 6.07) is -6.09. The largest absolute Gasteiger partial charge is 0.394 e. The molecule has 92 heavy (non-hydrogen) atoms. The molecule has 17 N–H and O–H groups in total. The first-order chi connectivity index (χ1) is 43.7. The topological polar surface area (TPSA) is 507 Å². The fourth-order valence-corrected chi connectivity index (χ4v) is 10.5. The third kappa shape index (κ3) is 27.4. The van der Waals surface area contributed by atoms with Crippen LogP contribution in [-0.4, -0.2) is 308 Å². The molecule has 3 heterocycles. The van der Waals surface area contributed by atoms with Crippen LogP contribution >= 0.6 is 0 Å². The molecule has 4 fully saturated rings. The lowest BCUT2D eigenvalue weighted by Crippen LogP contribution is -2.64. The number of ether oxygens (including phenoxy) is 10. The summed E-state index contributed by atoms with van der Waals surface area (Å²) >= 11 is 0. The number of carbonyl (C=O) groups excluding carboxylic acids is 8. The van der Waals surface area contributed by atoms with Crippen molar-refractivity contribution in [1.82, 2.24) is 42.5 Å². The van der Waals surface area contributed by atoms with Gasteiger partial charge in [-0.15, -0.1) is 0 Å². The van der Waals surface area contributed by atoms with Crippen molar-refractivity contribution in [1.29, 1.82) is 0 Å². The van der Waals surface area contributed by atoms with Gasteiger partial charge < -0.3 is 136 Å². The number of carbonyl (C=O) groups is 8. The molecule has 0 aromatic heterocycles. The van der Waals surface area contributed by atoms with Crippen LogP contribution in [0.25, 0.3) is 0 Å². The van der Waals surface area contributed by atoms with Crippen molar-refractivity contribution in [3.8, 4) is 0 Å². The van der Waals surface area contributed by atoms with Gasteiger partial charge in [0, 0.05) is 59.2 Å². The number of nitrogens with one attached hydrogen (secondary N) is 8. The van der Waals surface area contributed by atoms with Crippen molar-refractivity contribution in [2.24, 2.45) is 5.92 Å². The Morgan fingerprint density at radius 3 is 1.15 bits per heavy atom. The maximum absolute atomic E-state index is 13.8. The first-order valence-corrected chi connectivity index (χ1v) is 31.0. The highest BCUT2D eigenvalue weighted by atomic mass is 16.7. The van der Waals surface area contributed by atoms with Gasteiger partial charge in [-0.3, -0.25) is 38.4 Å². The van der Waals surface area contributed by atoms with Crippen LogP contribution in [0.2, 0.25) is 0 Å². The molecule has 0 spiro atoms. The summed E-state index contributed by atoms with van der Waals surface area (Å²) < 4.78 is 56.4. The van der Waals surface area contributed by atoms with Crippen LogP contribution in [-0.2, 0) is 85.7 Å². The van der Waals surface area contributed by atoms with Gasteiger partial charge in [0.1, 0.15) is 85.1 Å². The average Bonchev–Trinajstić information content (AvgIpc) is 0.846. The van der Waals surface area contributed by atoms with E-state index in [1.807, 2.05) is 20.8 Å². The van der Waals surface area contributed by atoms with Crippen LogP contribution in [0, 0.1) is 5.92 Å². The molecule has 4 rings (SSSR count). The van der Waals surface area contributed by atoms with Gasteiger partial charge in [-0.25, -0.2) is 0 Å². The quantitative estimate of drug-likeness (QED) is 0.0254. The van der Waals surface area contributed by atoms with E-state index in [2.05, 4.69) is 42.5 Å². The molecule has 35 heteroatoms. The van der Waals surface area contributed by atoms with E-state index in [1.165, 1.54) is 20.8 Å². The lowest BCUT2D eigenvalue weighted by atomic mass is 9.86. The number of aliphatic hydroxyl groups excluding tert-OH is 9. The van der Waals surface area contributed by atoms with Crippen LogP contribution in [0.5, 0.6) is 0 Å². The van der Waals surface area contributed by atoms with Crippen molar-refractivity contribution < 1.29 is 132 Å². The first kappa shape index (κ1) is 79.4. The summed E-state index contributed by atoms with van der Waals surface area (Å²) in [4.78, 5) is 104. The Morgan fingerprint density at radius 2 is 0.804 bits per heavy atom. The summed E-state index contributed by atoms with van der Waals surface area (Å²) in [5, 5.41) is 112. The second-order valence-electron chi connectivity index (χ2n) is 23.6. The highest BCUT2D eigenvalue weighted by Crippen LogP contribution is 2.30. The molecule has 8 amide bonds. The van der Waals surface area contributed by atoms with Crippen molar-refractivity contribution in [2.45, 2.75) is 209 Å². The maximum atomic E-state index is 13.8. The highest BCUT2D eigenvalue weighted by Gasteiger charge is 2.48. The van der Waals surface area contributed by atoms with E-state index in [4.69, 9.17) is 47.4 Å². The fraction of sp³-hybridized carbons (Fsp3) is 0.860. The van der Waals surface area contributed by atoms with Gasteiger partial charge >= 0.3 is 0 Å². The Balaban J connectivity index is 1.35. The van der Waals surface area contributed by atoms with E-state index in [0.717, 1.165) is 0 Å². The van der Waals surface area contributed by atoms with Gasteiger partial charge in [0.05, 0.1) is 91.0 Å². The predicted molar refractivity (Wildman–Crippen MR) is 314 cm³/mol. The second-order valence-corrected chi connectivity index (χ2v) is 23.6. The molecule has 0 aromatic carbocycles. The molecule has 1 saturated carbocycles. The predicted octanol–water partition coefficient (Wildman–Crippen LogP) is -7.83. The Morgan fingerprint density at radius 1 is 0.457 bits per heavy atom. The van der Waals surface area contributed by atoms with Gasteiger partial charge in [0.2, 0.25) is 47.3 Å². The normalized spacial score (nSPS) is 29.8. The van der Waals surface area contributed by atoms with Crippen molar-refractivity contribution in [3.05, 3.63) is 0 Å². The van der Waals surface area contributed by atoms with Gasteiger partial charge in [-0.05, 0) is 59.3 Å². The number of hydrogen-bond donors (Lipinski definition) is 17. The number of rotatable bonds is 39.